The summed E-state index contributed by atoms with van der Waals surface area (Å²) in [6.07, 6.45) is 1.36. The summed E-state index contributed by atoms with van der Waals surface area (Å²) in [6.45, 7) is 8.88. The molecule has 1 heterocycles. The molecule has 0 unspecified atom stereocenters. The number of hydrogen-bond donors (Lipinski definition) is 0. The minimum absolute atomic E-state index is 0.753. The highest BCUT2D eigenvalue weighted by atomic mass is 16.5. The predicted octanol–water partition coefficient (Wildman–Crippen LogP) is 4.71. The van der Waals surface area contributed by atoms with E-state index in [9.17, 15) is 0 Å². The zero-order valence-electron chi connectivity index (χ0n) is 14.2. The number of rotatable bonds is 5. The molecule has 2 aromatic carbocycles. The average molecular weight is 309 g/mol. The zero-order chi connectivity index (χ0) is 16.1. The smallest absolute Gasteiger partial charge is 0.127 e. The van der Waals surface area contributed by atoms with E-state index in [1.807, 2.05) is 12.1 Å². The predicted molar refractivity (Wildman–Crippen MR) is 96.8 cm³/mol. The van der Waals surface area contributed by atoms with Crippen LogP contribution in [0.2, 0.25) is 0 Å². The number of para-hydroxylation sites is 1. The Morgan fingerprint density at radius 2 is 1.57 bits per heavy atom. The molecule has 3 rings (SSSR count). The Labute approximate surface area is 140 Å². The summed E-state index contributed by atoms with van der Waals surface area (Å²) >= 11 is 0. The Morgan fingerprint density at radius 3 is 2.30 bits per heavy atom. The second-order valence-corrected chi connectivity index (χ2v) is 6.92. The van der Waals surface area contributed by atoms with E-state index in [-0.39, 0.29) is 0 Å². The fraction of sp³-hybridized carbons (Fsp3) is 0.429. The Morgan fingerprint density at radius 1 is 0.913 bits per heavy atom. The first-order valence-corrected chi connectivity index (χ1v) is 8.72. The molecule has 0 aliphatic carbocycles. The molecule has 2 atom stereocenters. The second-order valence-electron chi connectivity index (χ2n) is 6.92. The van der Waals surface area contributed by atoms with Crippen molar-refractivity contribution in [3.05, 3.63) is 54.6 Å². The van der Waals surface area contributed by atoms with Gasteiger partial charge in [-0.1, -0.05) is 62.4 Å². The van der Waals surface area contributed by atoms with Gasteiger partial charge < -0.3 is 4.74 Å². The third-order valence-electron chi connectivity index (χ3n) is 4.58. The number of piperidine rings is 1. The highest BCUT2D eigenvalue weighted by Crippen LogP contribution is 2.29. The fourth-order valence-corrected chi connectivity index (χ4v) is 3.71. The lowest BCUT2D eigenvalue weighted by molar-refractivity contribution is 0.121. The third-order valence-corrected chi connectivity index (χ3v) is 4.58. The van der Waals surface area contributed by atoms with Crippen molar-refractivity contribution in [1.29, 1.82) is 0 Å². The molecule has 23 heavy (non-hydrogen) atoms. The van der Waals surface area contributed by atoms with Gasteiger partial charge in [0.25, 0.3) is 0 Å². The van der Waals surface area contributed by atoms with Crippen molar-refractivity contribution in [2.24, 2.45) is 11.8 Å². The highest BCUT2D eigenvalue weighted by Gasteiger charge is 2.21. The van der Waals surface area contributed by atoms with Crippen LogP contribution in [-0.4, -0.2) is 31.1 Å². The fourth-order valence-electron chi connectivity index (χ4n) is 3.71. The molecule has 122 valence electrons. The van der Waals surface area contributed by atoms with Gasteiger partial charge in [-0.05, 0) is 29.9 Å². The largest absolute Gasteiger partial charge is 0.492 e. The van der Waals surface area contributed by atoms with Gasteiger partial charge in [-0.25, -0.2) is 0 Å². The summed E-state index contributed by atoms with van der Waals surface area (Å²) in [5, 5.41) is 0. The van der Waals surface area contributed by atoms with E-state index in [4.69, 9.17) is 4.74 Å². The maximum atomic E-state index is 6.12. The Balaban J connectivity index is 1.61. The molecule has 0 saturated carbocycles. The average Bonchev–Trinajstić information content (AvgIpc) is 2.55. The van der Waals surface area contributed by atoms with Gasteiger partial charge in [0, 0.05) is 25.2 Å². The van der Waals surface area contributed by atoms with Crippen molar-refractivity contribution in [3.63, 3.8) is 0 Å². The van der Waals surface area contributed by atoms with Crippen LogP contribution >= 0.6 is 0 Å². The van der Waals surface area contributed by atoms with Crippen molar-refractivity contribution in [3.8, 4) is 16.9 Å². The lowest BCUT2D eigenvalue weighted by Gasteiger charge is -2.34. The van der Waals surface area contributed by atoms with Crippen LogP contribution in [0.1, 0.15) is 20.3 Å². The van der Waals surface area contributed by atoms with Gasteiger partial charge in [0.05, 0.1) is 0 Å². The quantitative estimate of drug-likeness (QED) is 0.793. The molecule has 0 spiro atoms. The van der Waals surface area contributed by atoms with E-state index >= 15 is 0 Å². The van der Waals surface area contributed by atoms with Crippen LogP contribution in [-0.2, 0) is 0 Å². The molecular formula is C21H27NO. The first-order valence-electron chi connectivity index (χ1n) is 8.72. The first-order chi connectivity index (χ1) is 11.2. The van der Waals surface area contributed by atoms with Crippen LogP contribution in [0.25, 0.3) is 11.1 Å². The van der Waals surface area contributed by atoms with Gasteiger partial charge in [0.1, 0.15) is 12.4 Å². The van der Waals surface area contributed by atoms with Gasteiger partial charge in [-0.2, -0.15) is 0 Å². The number of nitrogens with zero attached hydrogens (tertiary/aromatic N) is 1. The maximum Gasteiger partial charge on any atom is 0.127 e. The van der Waals surface area contributed by atoms with Crippen LogP contribution in [0.5, 0.6) is 5.75 Å². The number of hydrogen-bond acceptors (Lipinski definition) is 2. The van der Waals surface area contributed by atoms with Gasteiger partial charge in [0.2, 0.25) is 0 Å². The summed E-state index contributed by atoms with van der Waals surface area (Å²) < 4.78 is 6.12. The normalized spacial score (nSPS) is 22.0. The van der Waals surface area contributed by atoms with E-state index in [0.717, 1.165) is 30.7 Å². The molecule has 1 aliphatic rings. The van der Waals surface area contributed by atoms with Crippen LogP contribution < -0.4 is 4.74 Å². The molecule has 1 aliphatic heterocycles. The van der Waals surface area contributed by atoms with Gasteiger partial charge in [-0.3, -0.25) is 4.90 Å². The van der Waals surface area contributed by atoms with Crippen molar-refractivity contribution in [2.75, 3.05) is 26.2 Å². The maximum absolute atomic E-state index is 6.12. The number of benzene rings is 2. The molecule has 0 N–H and O–H groups in total. The van der Waals surface area contributed by atoms with E-state index in [1.54, 1.807) is 0 Å². The van der Waals surface area contributed by atoms with Crippen LogP contribution in [0.3, 0.4) is 0 Å². The van der Waals surface area contributed by atoms with Crippen molar-refractivity contribution in [1.82, 2.24) is 4.90 Å². The minimum atomic E-state index is 0.753. The van der Waals surface area contributed by atoms with E-state index in [0.29, 0.717) is 0 Å². The summed E-state index contributed by atoms with van der Waals surface area (Å²) in [4.78, 5) is 2.55. The lowest BCUT2D eigenvalue weighted by atomic mass is 9.92. The molecule has 2 aromatic rings. The SMILES string of the molecule is C[C@@H]1C[C@@H](C)CN(CCOc2ccccc2-c2ccccc2)C1. The third kappa shape index (κ3) is 4.35. The first kappa shape index (κ1) is 16.1. The topological polar surface area (TPSA) is 12.5 Å². The summed E-state index contributed by atoms with van der Waals surface area (Å²) in [6, 6.07) is 18.8. The standard InChI is InChI=1S/C21H27NO/c1-17-14-18(2)16-22(15-17)12-13-23-21-11-7-6-10-20(21)19-8-4-3-5-9-19/h3-11,17-18H,12-16H2,1-2H3/t17-,18-/m1/s1. The van der Waals surface area contributed by atoms with Gasteiger partial charge in [0.15, 0.2) is 0 Å². The van der Waals surface area contributed by atoms with Crippen molar-refractivity contribution < 1.29 is 4.74 Å². The molecule has 1 fully saturated rings. The highest BCUT2D eigenvalue weighted by molar-refractivity contribution is 5.70. The van der Waals surface area contributed by atoms with Gasteiger partial charge >= 0.3 is 0 Å². The van der Waals surface area contributed by atoms with Gasteiger partial charge in [-0.15, -0.1) is 0 Å². The molecule has 2 nitrogen and oxygen atoms in total. The molecule has 0 amide bonds. The lowest BCUT2D eigenvalue weighted by Crippen LogP contribution is -2.40. The number of ether oxygens (including phenoxy) is 1. The molecular weight excluding hydrogens is 282 g/mol. The Bertz CT molecular complexity index is 600. The van der Waals surface area contributed by atoms with Crippen LogP contribution in [0.4, 0.5) is 0 Å². The summed E-state index contributed by atoms with van der Waals surface area (Å²) in [5.74, 6) is 2.59. The molecule has 0 radical (unpaired) electrons. The van der Waals surface area contributed by atoms with Crippen molar-refractivity contribution >= 4 is 0 Å². The molecule has 0 bridgehead atoms. The van der Waals surface area contributed by atoms with Crippen LogP contribution in [0.15, 0.2) is 54.6 Å². The summed E-state index contributed by atoms with van der Waals surface area (Å²) in [5.41, 5.74) is 2.39. The van der Waals surface area contributed by atoms with E-state index in [2.05, 4.69) is 61.2 Å². The second kappa shape index (κ2) is 7.65. The summed E-state index contributed by atoms with van der Waals surface area (Å²) in [7, 11) is 0. The Hall–Kier alpha value is -1.80. The number of likely N-dealkylation sites (tertiary alicyclic amines) is 1. The van der Waals surface area contributed by atoms with Crippen LogP contribution in [0, 0.1) is 11.8 Å². The minimum Gasteiger partial charge on any atom is -0.492 e. The monoisotopic (exact) mass is 309 g/mol. The zero-order valence-corrected chi connectivity index (χ0v) is 14.2. The van der Waals surface area contributed by atoms with E-state index < -0.39 is 0 Å². The Kier molecular flexibility index (Phi) is 5.35. The van der Waals surface area contributed by atoms with E-state index in [1.165, 1.54) is 30.6 Å². The molecule has 0 aromatic heterocycles. The van der Waals surface area contributed by atoms with Crippen molar-refractivity contribution in [2.45, 2.75) is 20.3 Å². The molecule has 2 heteroatoms. The molecule has 1 saturated heterocycles.